The predicted molar refractivity (Wildman–Crippen MR) is 67.2 cm³/mol. The highest BCUT2D eigenvalue weighted by atomic mass is 16.5. The number of carbonyl (C=O) groups is 1. The van der Waals surface area contributed by atoms with E-state index in [1.54, 1.807) is 9.80 Å². The molecule has 1 fully saturated rings. The second-order valence-corrected chi connectivity index (χ2v) is 4.99. The number of likely N-dealkylation sites (N-methyl/N-ethyl adjacent to an activating group) is 1. The maximum absolute atomic E-state index is 12.1. The Bertz CT molecular complexity index is 273. The van der Waals surface area contributed by atoms with Gasteiger partial charge in [0, 0.05) is 6.54 Å². The van der Waals surface area contributed by atoms with Gasteiger partial charge in [0.15, 0.2) is 0 Å². The molecule has 0 aromatic heterocycles. The lowest BCUT2D eigenvalue weighted by molar-refractivity contribution is -0.156. The van der Waals surface area contributed by atoms with Crippen LogP contribution >= 0.6 is 0 Å². The first kappa shape index (κ1) is 15.4. The Morgan fingerprint density at radius 2 is 2.00 bits per heavy atom. The summed E-state index contributed by atoms with van der Waals surface area (Å²) in [5, 5.41) is 19.6. The largest absolute Gasteiger partial charge is 0.388 e. The van der Waals surface area contributed by atoms with E-state index in [-0.39, 0.29) is 19.1 Å². The third kappa shape index (κ3) is 3.91. The zero-order valence-corrected chi connectivity index (χ0v) is 11.4. The number of carbonyl (C=O) groups excluding carboxylic acids is 1. The van der Waals surface area contributed by atoms with Crippen LogP contribution in [0.15, 0.2) is 0 Å². The molecule has 0 saturated carbocycles. The predicted octanol–water partition coefficient (Wildman–Crippen LogP) is -1.09. The van der Waals surface area contributed by atoms with Crippen molar-refractivity contribution in [2.45, 2.75) is 31.6 Å². The molecular formula is C12H24N2O4. The molecule has 18 heavy (non-hydrogen) atoms. The van der Waals surface area contributed by atoms with E-state index in [0.717, 1.165) is 6.42 Å². The molecule has 1 saturated heterocycles. The lowest BCUT2D eigenvalue weighted by Crippen LogP contribution is -2.58. The van der Waals surface area contributed by atoms with Gasteiger partial charge in [-0.2, -0.15) is 0 Å². The fourth-order valence-corrected chi connectivity index (χ4v) is 2.12. The molecule has 6 heteroatoms. The van der Waals surface area contributed by atoms with Gasteiger partial charge in [0.1, 0.15) is 12.2 Å². The molecule has 6 nitrogen and oxygen atoms in total. The molecule has 0 bridgehead atoms. The first-order valence-corrected chi connectivity index (χ1v) is 6.35. The minimum absolute atomic E-state index is 0.0522. The van der Waals surface area contributed by atoms with Gasteiger partial charge in [0.05, 0.1) is 25.8 Å². The van der Waals surface area contributed by atoms with Gasteiger partial charge in [-0.05, 0) is 20.5 Å². The minimum atomic E-state index is -0.934. The molecular weight excluding hydrogens is 236 g/mol. The third-order valence-corrected chi connectivity index (χ3v) is 3.00. The van der Waals surface area contributed by atoms with Crippen LogP contribution in [-0.2, 0) is 9.53 Å². The monoisotopic (exact) mass is 260 g/mol. The van der Waals surface area contributed by atoms with Crippen LogP contribution in [0.1, 0.15) is 13.3 Å². The van der Waals surface area contributed by atoms with Crippen molar-refractivity contribution >= 4 is 5.91 Å². The van der Waals surface area contributed by atoms with Crippen LogP contribution in [0.5, 0.6) is 0 Å². The smallest absolute Gasteiger partial charge is 0.237 e. The lowest BCUT2D eigenvalue weighted by Gasteiger charge is -2.39. The number of rotatable bonds is 5. The molecule has 3 atom stereocenters. The molecule has 0 radical (unpaired) electrons. The molecule has 0 aromatic rings. The molecule has 0 spiro atoms. The van der Waals surface area contributed by atoms with Gasteiger partial charge in [-0.15, -0.1) is 0 Å². The van der Waals surface area contributed by atoms with Crippen molar-refractivity contribution in [3.63, 3.8) is 0 Å². The summed E-state index contributed by atoms with van der Waals surface area (Å²) < 4.78 is 5.23. The zero-order chi connectivity index (χ0) is 13.7. The third-order valence-electron chi connectivity index (χ3n) is 3.00. The van der Waals surface area contributed by atoms with E-state index in [2.05, 4.69) is 0 Å². The second kappa shape index (κ2) is 7.04. The molecule has 1 aliphatic heterocycles. The number of hydrogen-bond acceptors (Lipinski definition) is 5. The number of amides is 1. The van der Waals surface area contributed by atoms with Crippen LogP contribution in [-0.4, -0.2) is 84.6 Å². The molecule has 1 rings (SSSR count). The van der Waals surface area contributed by atoms with Crippen molar-refractivity contribution < 1.29 is 19.7 Å². The number of nitrogens with zero attached hydrogens (tertiary/aromatic N) is 2. The summed E-state index contributed by atoms with van der Waals surface area (Å²) >= 11 is 0. The van der Waals surface area contributed by atoms with E-state index in [1.807, 2.05) is 21.0 Å². The molecule has 1 aliphatic rings. The average molecular weight is 260 g/mol. The van der Waals surface area contributed by atoms with Crippen LogP contribution in [0.2, 0.25) is 0 Å². The number of hydrogen-bond donors (Lipinski definition) is 2. The Kier molecular flexibility index (Phi) is 6.01. The van der Waals surface area contributed by atoms with Crippen molar-refractivity contribution in [3.8, 4) is 0 Å². The first-order chi connectivity index (χ1) is 8.47. The van der Waals surface area contributed by atoms with Crippen molar-refractivity contribution in [2.75, 3.05) is 40.4 Å². The first-order valence-electron chi connectivity index (χ1n) is 6.35. The van der Waals surface area contributed by atoms with Crippen LogP contribution in [0.3, 0.4) is 0 Å². The molecule has 0 aliphatic carbocycles. The van der Waals surface area contributed by atoms with Crippen LogP contribution < -0.4 is 0 Å². The normalized spacial score (nSPS) is 28.4. The lowest BCUT2D eigenvalue weighted by atomic mass is 10.0. The Hall–Kier alpha value is -0.690. The molecule has 0 aromatic carbocycles. The fraction of sp³-hybridized carbons (Fsp3) is 0.917. The van der Waals surface area contributed by atoms with Crippen molar-refractivity contribution in [2.24, 2.45) is 0 Å². The molecule has 1 amide bonds. The van der Waals surface area contributed by atoms with Crippen molar-refractivity contribution in [3.05, 3.63) is 0 Å². The highest BCUT2D eigenvalue weighted by Gasteiger charge is 2.37. The minimum Gasteiger partial charge on any atom is -0.388 e. The summed E-state index contributed by atoms with van der Waals surface area (Å²) in [4.78, 5) is 15.5. The Labute approximate surface area is 108 Å². The highest BCUT2D eigenvalue weighted by molar-refractivity contribution is 5.78. The quantitative estimate of drug-likeness (QED) is 0.657. The van der Waals surface area contributed by atoms with E-state index in [1.165, 1.54) is 0 Å². The molecule has 1 heterocycles. The van der Waals surface area contributed by atoms with Gasteiger partial charge in [-0.1, -0.05) is 6.92 Å². The summed E-state index contributed by atoms with van der Waals surface area (Å²) in [6, 6.07) is -0.457. The maximum atomic E-state index is 12.1. The fourth-order valence-electron chi connectivity index (χ4n) is 2.12. The highest BCUT2D eigenvalue weighted by Crippen LogP contribution is 2.16. The second-order valence-electron chi connectivity index (χ2n) is 4.99. The zero-order valence-electron chi connectivity index (χ0n) is 11.4. The van der Waals surface area contributed by atoms with E-state index in [4.69, 9.17) is 4.74 Å². The topological polar surface area (TPSA) is 73.2 Å². The van der Waals surface area contributed by atoms with E-state index < -0.39 is 18.2 Å². The van der Waals surface area contributed by atoms with E-state index in [0.29, 0.717) is 13.1 Å². The van der Waals surface area contributed by atoms with Crippen LogP contribution in [0.25, 0.3) is 0 Å². The van der Waals surface area contributed by atoms with Gasteiger partial charge < -0.3 is 24.7 Å². The van der Waals surface area contributed by atoms with Crippen molar-refractivity contribution in [1.29, 1.82) is 0 Å². The summed E-state index contributed by atoms with van der Waals surface area (Å²) in [5.74, 6) is -0.0522. The van der Waals surface area contributed by atoms with Gasteiger partial charge in [-0.25, -0.2) is 0 Å². The summed E-state index contributed by atoms with van der Waals surface area (Å²) in [5.41, 5.74) is 0. The summed E-state index contributed by atoms with van der Waals surface area (Å²) in [6.45, 7) is 3.23. The number of aliphatic hydroxyl groups is 2. The van der Waals surface area contributed by atoms with Gasteiger partial charge in [0.2, 0.25) is 5.91 Å². The maximum Gasteiger partial charge on any atom is 0.237 e. The molecule has 0 unspecified atom stereocenters. The summed E-state index contributed by atoms with van der Waals surface area (Å²) in [7, 11) is 3.65. The van der Waals surface area contributed by atoms with E-state index in [9.17, 15) is 15.0 Å². The Morgan fingerprint density at radius 3 is 2.56 bits per heavy atom. The van der Waals surface area contributed by atoms with Gasteiger partial charge >= 0.3 is 0 Å². The number of aliphatic hydroxyl groups excluding tert-OH is 2. The SMILES string of the molecule is CCCN(C(=O)CN(C)C)[C@@H]1COC[C@@H](O)[C@H]1O. The Morgan fingerprint density at radius 1 is 1.33 bits per heavy atom. The molecule has 106 valence electrons. The summed E-state index contributed by atoms with van der Waals surface area (Å²) in [6.07, 6.45) is -1.05. The van der Waals surface area contributed by atoms with Gasteiger partial charge in [-0.3, -0.25) is 4.79 Å². The molecule has 2 N–H and O–H groups in total. The standard InChI is InChI=1S/C12H24N2O4/c1-4-5-14(11(16)6-13(2)3)9-7-18-8-10(15)12(9)17/h9-10,12,15,17H,4-8H2,1-3H3/t9-,10-,12+/m1/s1. The van der Waals surface area contributed by atoms with E-state index >= 15 is 0 Å². The van der Waals surface area contributed by atoms with Crippen LogP contribution in [0.4, 0.5) is 0 Å². The van der Waals surface area contributed by atoms with Crippen LogP contribution in [0, 0.1) is 0 Å². The number of ether oxygens (including phenoxy) is 1. The van der Waals surface area contributed by atoms with Gasteiger partial charge in [0.25, 0.3) is 0 Å². The Balaban J connectivity index is 2.73. The average Bonchev–Trinajstić information content (AvgIpc) is 2.29. The van der Waals surface area contributed by atoms with Crippen molar-refractivity contribution in [1.82, 2.24) is 9.80 Å².